The molecule has 1 aromatic heterocycles. The number of piperidine rings is 1. The summed E-state index contributed by atoms with van der Waals surface area (Å²) in [6.45, 7) is 1.82. The lowest BCUT2D eigenvalue weighted by Gasteiger charge is -2.32. The lowest BCUT2D eigenvalue weighted by atomic mass is 9.97. The Morgan fingerprint density at radius 2 is 1.93 bits per heavy atom. The van der Waals surface area contributed by atoms with E-state index in [0.29, 0.717) is 41.7 Å². The maximum Gasteiger partial charge on any atom is 0.215 e. The minimum atomic E-state index is -3.45. The molecule has 2 heterocycles. The third-order valence-corrected chi connectivity index (χ3v) is 6.26. The van der Waals surface area contributed by atoms with Gasteiger partial charge >= 0.3 is 0 Å². The average molecular weight is 406 g/mol. The van der Waals surface area contributed by atoms with Gasteiger partial charge in [0.2, 0.25) is 10.0 Å². The number of benzene rings is 1. The molecule has 27 heavy (non-hydrogen) atoms. The number of nitrogens with zero attached hydrogens (tertiary/aromatic N) is 4. The van der Waals surface area contributed by atoms with Crippen LogP contribution >= 0.6 is 11.6 Å². The number of rotatable bonds is 6. The van der Waals surface area contributed by atoms with E-state index in [9.17, 15) is 8.42 Å². The van der Waals surface area contributed by atoms with Crippen molar-refractivity contribution in [3.8, 4) is 6.07 Å². The lowest BCUT2D eigenvalue weighted by Crippen LogP contribution is -2.39. The highest BCUT2D eigenvalue weighted by molar-refractivity contribution is 7.88. The predicted octanol–water partition coefficient (Wildman–Crippen LogP) is 2.34. The highest BCUT2D eigenvalue weighted by Gasteiger charge is 2.24. The molecule has 0 spiro atoms. The normalized spacial score (nSPS) is 15.5. The number of halogens is 1. The number of anilines is 1. The highest BCUT2D eigenvalue weighted by atomic mass is 35.5. The Balaban J connectivity index is 1.52. The van der Waals surface area contributed by atoms with E-state index in [2.05, 4.69) is 20.8 Å². The highest BCUT2D eigenvalue weighted by Crippen LogP contribution is 2.23. The molecule has 0 aliphatic carbocycles. The van der Waals surface area contributed by atoms with Crippen LogP contribution in [0.4, 0.5) is 5.82 Å². The zero-order valence-corrected chi connectivity index (χ0v) is 16.2. The molecule has 7 nitrogen and oxygen atoms in total. The number of nitriles is 1. The molecule has 3 rings (SSSR count). The lowest BCUT2D eigenvalue weighted by molar-refractivity contribution is 0.400. The van der Waals surface area contributed by atoms with E-state index in [1.165, 1.54) is 6.20 Å². The molecule has 1 saturated heterocycles. The molecule has 9 heteroatoms. The van der Waals surface area contributed by atoms with E-state index in [1.54, 1.807) is 30.5 Å². The van der Waals surface area contributed by atoms with E-state index in [-0.39, 0.29) is 11.7 Å². The Bertz CT molecular complexity index is 937. The molecule has 0 amide bonds. The van der Waals surface area contributed by atoms with Crippen molar-refractivity contribution in [1.82, 2.24) is 14.7 Å². The summed E-state index contributed by atoms with van der Waals surface area (Å²) >= 11 is 6.05. The first-order valence-corrected chi connectivity index (χ1v) is 10.7. The van der Waals surface area contributed by atoms with Gasteiger partial charge in [-0.05, 0) is 30.4 Å². The summed E-state index contributed by atoms with van der Waals surface area (Å²) in [7, 11) is -3.45. The molecule has 1 aromatic carbocycles. The smallest absolute Gasteiger partial charge is 0.215 e. The predicted molar refractivity (Wildman–Crippen MR) is 104 cm³/mol. The minimum absolute atomic E-state index is 0.128. The molecule has 2 aromatic rings. The molecular weight excluding hydrogens is 386 g/mol. The first-order chi connectivity index (χ1) is 13.0. The summed E-state index contributed by atoms with van der Waals surface area (Å²) in [6, 6.07) is 9.00. The Morgan fingerprint density at radius 3 is 2.63 bits per heavy atom. The molecule has 0 unspecified atom stereocenters. The van der Waals surface area contributed by atoms with E-state index in [4.69, 9.17) is 16.9 Å². The maximum absolute atomic E-state index is 12.3. The van der Waals surface area contributed by atoms with Crippen LogP contribution in [-0.2, 0) is 15.8 Å². The van der Waals surface area contributed by atoms with Gasteiger partial charge in [0.1, 0.15) is 6.07 Å². The van der Waals surface area contributed by atoms with Gasteiger partial charge in [-0.25, -0.2) is 23.1 Å². The van der Waals surface area contributed by atoms with Gasteiger partial charge in [-0.2, -0.15) is 5.26 Å². The van der Waals surface area contributed by atoms with Crippen LogP contribution in [0.15, 0.2) is 36.7 Å². The average Bonchev–Trinajstić information content (AvgIpc) is 2.68. The van der Waals surface area contributed by atoms with Gasteiger partial charge in [0.05, 0.1) is 5.75 Å². The van der Waals surface area contributed by atoms with Gasteiger partial charge < -0.3 is 4.90 Å². The number of hydrogen-bond acceptors (Lipinski definition) is 6. The van der Waals surface area contributed by atoms with Crippen molar-refractivity contribution in [3.05, 3.63) is 52.9 Å². The Morgan fingerprint density at radius 1 is 1.22 bits per heavy atom. The largest absolute Gasteiger partial charge is 0.354 e. The van der Waals surface area contributed by atoms with Crippen molar-refractivity contribution in [2.24, 2.45) is 5.92 Å². The summed E-state index contributed by atoms with van der Waals surface area (Å²) < 4.78 is 27.4. The fourth-order valence-corrected chi connectivity index (χ4v) is 4.64. The van der Waals surface area contributed by atoms with Crippen LogP contribution < -0.4 is 9.62 Å². The Kier molecular flexibility index (Phi) is 6.26. The summed E-state index contributed by atoms with van der Waals surface area (Å²) in [5.41, 5.74) is 0.907. The van der Waals surface area contributed by atoms with Gasteiger partial charge in [0.15, 0.2) is 11.5 Å². The van der Waals surface area contributed by atoms with Gasteiger partial charge in [-0.3, -0.25) is 0 Å². The van der Waals surface area contributed by atoms with Crippen LogP contribution in [0.2, 0.25) is 5.02 Å². The summed E-state index contributed by atoms with van der Waals surface area (Å²) in [6.07, 6.45) is 4.71. The van der Waals surface area contributed by atoms with Crippen molar-refractivity contribution < 1.29 is 8.42 Å². The molecular formula is C18H20ClN5O2S. The van der Waals surface area contributed by atoms with Crippen LogP contribution in [0, 0.1) is 17.2 Å². The monoisotopic (exact) mass is 405 g/mol. The summed E-state index contributed by atoms with van der Waals surface area (Å²) in [5, 5.41) is 9.60. The number of aromatic nitrogens is 2. The minimum Gasteiger partial charge on any atom is -0.354 e. The van der Waals surface area contributed by atoms with Crippen molar-refractivity contribution in [3.63, 3.8) is 0 Å². The Hall–Kier alpha value is -2.21. The SMILES string of the molecule is N#Cc1nccnc1N1CCC(CNS(=O)(=O)Cc2ccccc2Cl)CC1. The van der Waals surface area contributed by atoms with Crippen molar-refractivity contribution >= 4 is 27.4 Å². The summed E-state index contributed by atoms with van der Waals surface area (Å²) in [4.78, 5) is 10.3. The first kappa shape index (κ1) is 19.5. The van der Waals surface area contributed by atoms with E-state index in [0.717, 1.165) is 12.8 Å². The molecule has 0 saturated carbocycles. The van der Waals surface area contributed by atoms with Crippen molar-refractivity contribution in [2.75, 3.05) is 24.5 Å². The van der Waals surface area contributed by atoms with Crippen molar-refractivity contribution in [1.29, 1.82) is 5.26 Å². The molecule has 1 fully saturated rings. The number of hydrogen-bond donors (Lipinski definition) is 1. The van der Waals surface area contributed by atoms with Crippen LogP contribution in [0.25, 0.3) is 0 Å². The molecule has 1 aliphatic rings. The topological polar surface area (TPSA) is 99.0 Å². The number of nitrogens with one attached hydrogen (secondary N) is 1. The maximum atomic E-state index is 12.3. The second-order valence-electron chi connectivity index (χ2n) is 6.47. The fraction of sp³-hybridized carbons (Fsp3) is 0.389. The first-order valence-electron chi connectivity index (χ1n) is 8.65. The summed E-state index contributed by atoms with van der Waals surface area (Å²) in [5.74, 6) is 0.707. The van der Waals surface area contributed by atoms with Gasteiger partial charge in [0.25, 0.3) is 0 Å². The Labute approximate surface area is 164 Å². The van der Waals surface area contributed by atoms with Gasteiger partial charge in [-0.15, -0.1) is 0 Å². The van der Waals surface area contributed by atoms with Gasteiger partial charge in [0, 0.05) is 37.1 Å². The molecule has 1 N–H and O–H groups in total. The fourth-order valence-electron chi connectivity index (χ4n) is 3.11. The number of sulfonamides is 1. The second kappa shape index (κ2) is 8.65. The van der Waals surface area contributed by atoms with Crippen molar-refractivity contribution in [2.45, 2.75) is 18.6 Å². The second-order valence-corrected chi connectivity index (χ2v) is 8.68. The zero-order chi connectivity index (χ0) is 19.3. The standard InChI is InChI=1S/C18H20ClN5O2S/c19-16-4-2-1-3-15(16)13-27(25,26)23-12-14-5-9-24(10-6-14)18-17(11-20)21-7-8-22-18/h1-4,7-8,14,23H,5-6,9-10,12-13H2. The molecule has 0 atom stereocenters. The van der Waals surface area contributed by atoms with E-state index < -0.39 is 10.0 Å². The van der Waals surface area contributed by atoms with Crippen LogP contribution in [0.3, 0.4) is 0 Å². The third kappa shape index (κ3) is 5.16. The zero-order valence-electron chi connectivity index (χ0n) is 14.7. The molecule has 0 bridgehead atoms. The molecule has 142 valence electrons. The third-order valence-electron chi connectivity index (χ3n) is 4.59. The van der Waals surface area contributed by atoms with Crippen LogP contribution in [0.1, 0.15) is 24.1 Å². The van der Waals surface area contributed by atoms with E-state index in [1.807, 2.05) is 4.90 Å². The van der Waals surface area contributed by atoms with Crippen LogP contribution in [0.5, 0.6) is 0 Å². The van der Waals surface area contributed by atoms with Gasteiger partial charge in [-0.1, -0.05) is 29.8 Å². The van der Waals surface area contributed by atoms with E-state index >= 15 is 0 Å². The quantitative estimate of drug-likeness (QED) is 0.791. The van der Waals surface area contributed by atoms with Crippen LogP contribution in [-0.4, -0.2) is 38.0 Å². The molecule has 0 radical (unpaired) electrons. The molecule has 1 aliphatic heterocycles.